The lowest BCUT2D eigenvalue weighted by atomic mass is 9.65. The second kappa shape index (κ2) is 6.14. The van der Waals surface area contributed by atoms with E-state index in [1.165, 1.54) is 6.33 Å². The highest BCUT2D eigenvalue weighted by molar-refractivity contribution is 6.33. The first-order valence-electron chi connectivity index (χ1n) is 9.34. The molecule has 0 aromatic carbocycles. The zero-order valence-corrected chi connectivity index (χ0v) is 17.0. The first-order valence-corrected chi connectivity index (χ1v) is 9.72. The Hall–Kier alpha value is -1.73. The molecule has 1 saturated carbocycles. The monoisotopic (exact) mass is 392 g/mol. The van der Waals surface area contributed by atoms with Crippen molar-refractivity contribution in [2.24, 2.45) is 17.3 Å². The van der Waals surface area contributed by atoms with Crippen molar-refractivity contribution in [3.8, 4) is 0 Å². The molecule has 7 nitrogen and oxygen atoms in total. The molecule has 2 fully saturated rings. The summed E-state index contributed by atoms with van der Waals surface area (Å²) >= 11 is 6.15. The van der Waals surface area contributed by atoms with Gasteiger partial charge in [0.05, 0.1) is 17.3 Å². The van der Waals surface area contributed by atoms with Crippen molar-refractivity contribution in [2.45, 2.75) is 65.4 Å². The van der Waals surface area contributed by atoms with Crippen LogP contribution < -0.4 is 0 Å². The van der Waals surface area contributed by atoms with Crippen molar-refractivity contribution < 1.29 is 14.3 Å². The maximum atomic E-state index is 12.6. The van der Waals surface area contributed by atoms with Crippen LogP contribution in [0.3, 0.4) is 0 Å². The van der Waals surface area contributed by atoms with Crippen molar-refractivity contribution in [1.29, 1.82) is 0 Å². The Labute approximate surface area is 163 Å². The van der Waals surface area contributed by atoms with Gasteiger partial charge in [0.2, 0.25) is 0 Å². The van der Waals surface area contributed by atoms with Gasteiger partial charge in [-0.3, -0.25) is 9.36 Å². The maximum absolute atomic E-state index is 12.6. The van der Waals surface area contributed by atoms with Gasteiger partial charge in [-0.25, -0.2) is 15.0 Å². The van der Waals surface area contributed by atoms with Gasteiger partial charge in [-0.05, 0) is 39.5 Å². The number of carbonyl (C=O) groups is 1. The van der Waals surface area contributed by atoms with Crippen molar-refractivity contribution in [2.75, 3.05) is 0 Å². The number of hydrogen-bond donors (Lipinski definition) is 0. The van der Waals surface area contributed by atoms with Crippen LogP contribution >= 0.6 is 11.6 Å². The summed E-state index contributed by atoms with van der Waals surface area (Å²) in [4.78, 5) is 25.3. The van der Waals surface area contributed by atoms with E-state index < -0.39 is 17.7 Å². The number of carbonyl (C=O) groups excluding carboxylic acids is 1. The van der Waals surface area contributed by atoms with Crippen LogP contribution in [-0.2, 0) is 14.3 Å². The van der Waals surface area contributed by atoms with Gasteiger partial charge in [-0.1, -0.05) is 25.4 Å². The lowest BCUT2D eigenvalue weighted by Crippen LogP contribution is -2.48. The fraction of sp³-hybridized carbons (Fsp3) is 0.684. The molecule has 3 atom stereocenters. The normalized spacial score (nSPS) is 33.4. The van der Waals surface area contributed by atoms with Gasteiger partial charge in [0.15, 0.2) is 23.1 Å². The lowest BCUT2D eigenvalue weighted by molar-refractivity contribution is -0.169. The Kier molecular flexibility index (Phi) is 4.23. The SMILES string of the molecule is C[C@H]1[C@@H](OC(=O)C(C)(C)C)[C@H](n2cnc3c(Cl)ncnc32)O[C@]12C[C@H](C)C2. The number of nitrogens with zero attached hydrogens (tertiary/aromatic N) is 4. The van der Waals surface area contributed by atoms with Crippen LogP contribution in [0.4, 0.5) is 0 Å². The Bertz CT molecular complexity index is 885. The van der Waals surface area contributed by atoms with E-state index >= 15 is 0 Å². The molecule has 0 bridgehead atoms. The van der Waals surface area contributed by atoms with Gasteiger partial charge in [-0.2, -0.15) is 0 Å². The number of imidazole rings is 1. The van der Waals surface area contributed by atoms with E-state index in [2.05, 4.69) is 28.8 Å². The first kappa shape index (κ1) is 18.6. The summed E-state index contributed by atoms with van der Waals surface area (Å²) in [6, 6.07) is 0. The van der Waals surface area contributed by atoms with Gasteiger partial charge in [0.25, 0.3) is 0 Å². The molecule has 0 radical (unpaired) electrons. The molecule has 27 heavy (non-hydrogen) atoms. The van der Waals surface area contributed by atoms with Crippen LogP contribution in [0.2, 0.25) is 5.15 Å². The standard InChI is InChI=1S/C19H25ClN4O3/c1-10-6-19(7-10)11(2)13(26-17(25)18(3,4)5)16(27-19)24-9-23-12-14(20)21-8-22-15(12)24/h8-11,13,16H,6-7H2,1-5H3/t10-,11-,13+,16+,19-/m0/s1. The van der Waals surface area contributed by atoms with Crippen LogP contribution in [0.15, 0.2) is 12.7 Å². The predicted molar refractivity (Wildman–Crippen MR) is 100 cm³/mol. The number of fused-ring (bicyclic) bond motifs is 1. The van der Waals surface area contributed by atoms with E-state index in [0.717, 1.165) is 12.8 Å². The van der Waals surface area contributed by atoms with Gasteiger partial charge < -0.3 is 9.47 Å². The predicted octanol–water partition coefficient (Wildman–Crippen LogP) is 3.77. The quantitative estimate of drug-likeness (QED) is 0.571. The highest BCUT2D eigenvalue weighted by Crippen LogP contribution is 2.56. The van der Waals surface area contributed by atoms with E-state index in [4.69, 9.17) is 21.1 Å². The second-order valence-electron chi connectivity index (χ2n) is 8.98. The van der Waals surface area contributed by atoms with Crippen molar-refractivity contribution in [1.82, 2.24) is 19.5 Å². The number of rotatable bonds is 2. The summed E-state index contributed by atoms with van der Waals surface area (Å²) < 4.78 is 14.3. The third-order valence-corrected chi connectivity index (χ3v) is 6.07. The molecule has 2 aliphatic rings. The molecule has 1 aliphatic heterocycles. The van der Waals surface area contributed by atoms with Crippen LogP contribution in [0.1, 0.15) is 53.7 Å². The highest BCUT2D eigenvalue weighted by atomic mass is 35.5. The lowest BCUT2D eigenvalue weighted by Gasteiger charge is -2.46. The summed E-state index contributed by atoms with van der Waals surface area (Å²) in [5.74, 6) is 0.427. The average molecular weight is 393 g/mol. The molecule has 8 heteroatoms. The summed E-state index contributed by atoms with van der Waals surface area (Å²) in [5, 5.41) is 0.292. The molecule has 1 aliphatic carbocycles. The molecule has 3 heterocycles. The van der Waals surface area contributed by atoms with E-state index in [9.17, 15) is 4.79 Å². The van der Waals surface area contributed by atoms with E-state index in [1.54, 1.807) is 6.33 Å². The number of halogens is 1. The van der Waals surface area contributed by atoms with Crippen molar-refractivity contribution in [3.63, 3.8) is 0 Å². The summed E-state index contributed by atoms with van der Waals surface area (Å²) in [6.45, 7) is 9.88. The zero-order valence-electron chi connectivity index (χ0n) is 16.3. The van der Waals surface area contributed by atoms with E-state index in [1.807, 2.05) is 25.3 Å². The zero-order chi connectivity index (χ0) is 19.6. The minimum Gasteiger partial charge on any atom is -0.457 e. The smallest absolute Gasteiger partial charge is 0.311 e. The first-order chi connectivity index (χ1) is 12.6. The van der Waals surface area contributed by atoms with Gasteiger partial charge in [0.1, 0.15) is 11.8 Å². The number of esters is 1. The number of aromatic nitrogens is 4. The van der Waals surface area contributed by atoms with Gasteiger partial charge in [-0.15, -0.1) is 0 Å². The van der Waals surface area contributed by atoms with Crippen LogP contribution in [0, 0.1) is 17.3 Å². The van der Waals surface area contributed by atoms with Crippen LogP contribution in [0.25, 0.3) is 11.2 Å². The van der Waals surface area contributed by atoms with Crippen LogP contribution in [-0.4, -0.2) is 37.2 Å². The third kappa shape index (κ3) is 2.91. The summed E-state index contributed by atoms with van der Waals surface area (Å²) in [5.41, 5.74) is 0.225. The Morgan fingerprint density at radius 3 is 2.63 bits per heavy atom. The Balaban J connectivity index is 1.73. The fourth-order valence-corrected chi connectivity index (χ4v) is 4.41. The number of ether oxygens (including phenoxy) is 2. The molecule has 0 N–H and O–H groups in total. The topological polar surface area (TPSA) is 79.1 Å². The fourth-order valence-electron chi connectivity index (χ4n) is 4.23. The van der Waals surface area contributed by atoms with Crippen molar-refractivity contribution >= 4 is 28.7 Å². The summed E-state index contributed by atoms with van der Waals surface area (Å²) in [7, 11) is 0. The highest BCUT2D eigenvalue weighted by Gasteiger charge is 2.60. The molecule has 146 valence electrons. The second-order valence-corrected chi connectivity index (χ2v) is 9.34. The van der Waals surface area contributed by atoms with E-state index in [0.29, 0.717) is 22.2 Å². The third-order valence-electron chi connectivity index (χ3n) is 5.79. The molecule has 1 saturated heterocycles. The molecule has 1 spiro atoms. The van der Waals surface area contributed by atoms with E-state index in [-0.39, 0.29) is 17.5 Å². The maximum Gasteiger partial charge on any atom is 0.311 e. The average Bonchev–Trinajstić information content (AvgIpc) is 3.09. The Morgan fingerprint density at radius 1 is 1.30 bits per heavy atom. The van der Waals surface area contributed by atoms with Crippen LogP contribution in [0.5, 0.6) is 0 Å². The summed E-state index contributed by atoms with van der Waals surface area (Å²) in [6.07, 6.45) is 4.04. The van der Waals surface area contributed by atoms with Gasteiger partial charge >= 0.3 is 5.97 Å². The Morgan fingerprint density at radius 2 is 2.00 bits per heavy atom. The molecule has 4 rings (SSSR count). The minimum atomic E-state index is -0.588. The molecule has 2 aromatic rings. The molecule has 2 aromatic heterocycles. The van der Waals surface area contributed by atoms with Gasteiger partial charge in [0, 0.05) is 5.92 Å². The molecular formula is C19H25ClN4O3. The minimum absolute atomic E-state index is 0.0692. The number of hydrogen-bond acceptors (Lipinski definition) is 6. The molecular weight excluding hydrogens is 368 g/mol. The molecule has 0 amide bonds. The largest absolute Gasteiger partial charge is 0.457 e. The van der Waals surface area contributed by atoms with Crippen molar-refractivity contribution in [3.05, 3.63) is 17.8 Å². The molecule has 0 unspecified atom stereocenters.